The highest BCUT2D eigenvalue weighted by molar-refractivity contribution is 5.78. The van der Waals surface area contributed by atoms with Crippen LogP contribution in [0, 0.1) is 12.1 Å². The van der Waals surface area contributed by atoms with E-state index in [2.05, 4.69) is 6.26 Å². The molecule has 1 heterocycles. The number of hydrogen-bond donors (Lipinski definition) is 0. The highest BCUT2D eigenvalue weighted by Gasteiger charge is 2.05. The average Bonchev–Trinajstić information content (AvgIpc) is 2.49. The van der Waals surface area contributed by atoms with E-state index in [1.807, 2.05) is 0 Å². The number of methoxy groups -OCH3 is 1. The first-order valence-corrected chi connectivity index (χ1v) is 3.44. The summed E-state index contributed by atoms with van der Waals surface area (Å²) < 4.78 is 22.7. The van der Waals surface area contributed by atoms with E-state index >= 15 is 0 Å². The quantitative estimate of drug-likeness (QED) is 0.647. The molecule has 1 radical (unpaired) electrons. The van der Waals surface area contributed by atoms with Crippen molar-refractivity contribution in [2.75, 3.05) is 7.11 Å². The molecule has 0 aliphatic heterocycles. The van der Waals surface area contributed by atoms with E-state index in [4.69, 9.17) is 9.15 Å². The van der Waals surface area contributed by atoms with Gasteiger partial charge in [0.25, 0.3) is 0 Å². The third kappa shape index (κ3) is 0.942. The first kappa shape index (κ1) is 7.16. The van der Waals surface area contributed by atoms with Gasteiger partial charge in [-0.05, 0) is 12.1 Å². The minimum absolute atomic E-state index is 0.186. The summed E-state index contributed by atoms with van der Waals surface area (Å²) in [5.41, 5.74) is 0.577. The maximum Gasteiger partial charge on any atom is 0.170 e. The van der Waals surface area contributed by atoms with Gasteiger partial charge in [-0.2, -0.15) is 0 Å². The summed E-state index contributed by atoms with van der Waals surface area (Å²) in [6.07, 6.45) is 2.52. The van der Waals surface area contributed by atoms with Crippen molar-refractivity contribution in [2.45, 2.75) is 0 Å². The van der Waals surface area contributed by atoms with Crippen LogP contribution in [0.2, 0.25) is 0 Å². The molecular formula is C9H6FO2. The van der Waals surface area contributed by atoms with Crippen LogP contribution in [-0.4, -0.2) is 7.11 Å². The van der Waals surface area contributed by atoms with Crippen LogP contribution < -0.4 is 4.74 Å². The Morgan fingerprint density at radius 1 is 1.50 bits per heavy atom. The SMILES string of the molecule is COc1cc2o[c]cc2cc1F. The van der Waals surface area contributed by atoms with Gasteiger partial charge < -0.3 is 9.15 Å². The molecular weight excluding hydrogens is 159 g/mol. The van der Waals surface area contributed by atoms with Crippen molar-refractivity contribution in [1.29, 1.82) is 0 Å². The Bertz CT molecular complexity index is 406. The molecule has 0 bridgehead atoms. The number of ether oxygens (including phenoxy) is 1. The summed E-state index contributed by atoms with van der Waals surface area (Å²) in [4.78, 5) is 0. The molecule has 0 spiro atoms. The van der Waals surface area contributed by atoms with Gasteiger partial charge in [-0.15, -0.1) is 0 Å². The Hall–Kier alpha value is -1.51. The minimum atomic E-state index is -0.389. The van der Waals surface area contributed by atoms with Gasteiger partial charge in [-0.1, -0.05) is 0 Å². The molecule has 2 rings (SSSR count). The Balaban J connectivity index is 2.73. The van der Waals surface area contributed by atoms with Gasteiger partial charge in [-0.25, -0.2) is 4.39 Å². The lowest BCUT2D eigenvalue weighted by Gasteiger charge is -1.99. The number of furan rings is 1. The molecule has 2 aromatic rings. The van der Waals surface area contributed by atoms with E-state index in [0.29, 0.717) is 11.0 Å². The van der Waals surface area contributed by atoms with Gasteiger partial charge in [0.1, 0.15) is 5.58 Å². The highest BCUT2D eigenvalue weighted by atomic mass is 19.1. The van der Waals surface area contributed by atoms with Gasteiger partial charge in [0.2, 0.25) is 0 Å². The van der Waals surface area contributed by atoms with Crippen LogP contribution in [0.5, 0.6) is 5.75 Å². The Morgan fingerprint density at radius 3 is 3.08 bits per heavy atom. The van der Waals surface area contributed by atoms with Crippen LogP contribution in [0.1, 0.15) is 0 Å². The molecule has 0 aliphatic carbocycles. The normalized spacial score (nSPS) is 10.5. The number of rotatable bonds is 1. The van der Waals surface area contributed by atoms with E-state index in [0.717, 1.165) is 0 Å². The van der Waals surface area contributed by atoms with Crippen LogP contribution >= 0.6 is 0 Å². The largest absolute Gasteiger partial charge is 0.494 e. The third-order valence-electron chi connectivity index (χ3n) is 1.67. The highest BCUT2D eigenvalue weighted by Crippen LogP contribution is 2.24. The second-order valence-corrected chi connectivity index (χ2v) is 2.39. The average molecular weight is 165 g/mol. The lowest BCUT2D eigenvalue weighted by molar-refractivity contribution is 0.386. The summed E-state index contributed by atoms with van der Waals surface area (Å²) in [5.74, 6) is -0.203. The van der Waals surface area contributed by atoms with Gasteiger partial charge >= 0.3 is 0 Å². The van der Waals surface area contributed by atoms with E-state index in [1.54, 1.807) is 6.07 Å². The van der Waals surface area contributed by atoms with Crippen molar-refractivity contribution in [2.24, 2.45) is 0 Å². The second-order valence-electron chi connectivity index (χ2n) is 2.39. The summed E-state index contributed by atoms with van der Waals surface area (Å²) in [6.45, 7) is 0. The molecule has 3 heteroatoms. The lowest BCUT2D eigenvalue weighted by Crippen LogP contribution is -1.86. The molecule has 0 atom stereocenters. The maximum atomic E-state index is 13.0. The fraction of sp³-hybridized carbons (Fsp3) is 0.111. The van der Waals surface area contributed by atoms with Crippen molar-refractivity contribution < 1.29 is 13.5 Å². The molecule has 1 aromatic carbocycles. The topological polar surface area (TPSA) is 22.4 Å². The van der Waals surface area contributed by atoms with E-state index < -0.39 is 0 Å². The van der Waals surface area contributed by atoms with Crippen LogP contribution in [0.3, 0.4) is 0 Å². The summed E-state index contributed by atoms with van der Waals surface area (Å²) in [6, 6.07) is 4.44. The van der Waals surface area contributed by atoms with E-state index in [9.17, 15) is 4.39 Å². The number of hydrogen-bond acceptors (Lipinski definition) is 2. The summed E-state index contributed by atoms with van der Waals surface area (Å²) in [7, 11) is 1.41. The number of benzene rings is 1. The molecule has 2 nitrogen and oxygen atoms in total. The van der Waals surface area contributed by atoms with Crippen molar-refractivity contribution in [3.63, 3.8) is 0 Å². The predicted octanol–water partition coefficient (Wildman–Crippen LogP) is 2.38. The Labute approximate surface area is 68.6 Å². The zero-order valence-corrected chi connectivity index (χ0v) is 6.43. The molecule has 0 N–H and O–H groups in total. The molecule has 1 aromatic heterocycles. The maximum absolute atomic E-state index is 13.0. The molecule has 61 valence electrons. The summed E-state index contributed by atoms with van der Waals surface area (Å²) >= 11 is 0. The Morgan fingerprint density at radius 2 is 2.33 bits per heavy atom. The third-order valence-corrected chi connectivity index (χ3v) is 1.67. The first-order chi connectivity index (χ1) is 5.81. The zero-order chi connectivity index (χ0) is 8.55. The minimum Gasteiger partial charge on any atom is -0.494 e. The smallest absolute Gasteiger partial charge is 0.170 e. The number of fused-ring (bicyclic) bond motifs is 1. The predicted molar refractivity (Wildman–Crippen MR) is 41.6 cm³/mol. The van der Waals surface area contributed by atoms with Crippen LogP contribution in [0.15, 0.2) is 22.6 Å². The molecule has 0 saturated heterocycles. The van der Waals surface area contributed by atoms with Crippen molar-refractivity contribution in [3.05, 3.63) is 30.3 Å². The molecule has 0 saturated carbocycles. The van der Waals surface area contributed by atoms with Gasteiger partial charge in [-0.3, -0.25) is 0 Å². The standard InChI is InChI=1S/C9H6FO2/c1-11-9-5-8-6(2-3-12-8)4-7(9)10/h2,4-5H,1H3. The second kappa shape index (κ2) is 2.52. The van der Waals surface area contributed by atoms with Gasteiger partial charge in [0.05, 0.1) is 7.11 Å². The number of halogens is 1. The zero-order valence-electron chi connectivity index (χ0n) is 6.43. The fourth-order valence-electron chi connectivity index (χ4n) is 1.06. The van der Waals surface area contributed by atoms with E-state index in [1.165, 1.54) is 19.2 Å². The Kier molecular flexibility index (Phi) is 1.50. The molecule has 0 amide bonds. The van der Waals surface area contributed by atoms with E-state index in [-0.39, 0.29) is 11.6 Å². The van der Waals surface area contributed by atoms with Gasteiger partial charge in [0, 0.05) is 11.5 Å². The molecule has 0 unspecified atom stereocenters. The molecule has 0 fully saturated rings. The van der Waals surface area contributed by atoms with Crippen LogP contribution in [-0.2, 0) is 0 Å². The van der Waals surface area contributed by atoms with Crippen molar-refractivity contribution in [3.8, 4) is 5.75 Å². The van der Waals surface area contributed by atoms with Crippen LogP contribution in [0.25, 0.3) is 11.0 Å². The summed E-state index contributed by atoms with van der Waals surface area (Å²) in [5, 5.41) is 0.688. The lowest BCUT2D eigenvalue weighted by atomic mass is 10.2. The first-order valence-electron chi connectivity index (χ1n) is 3.44. The monoisotopic (exact) mass is 165 g/mol. The molecule has 12 heavy (non-hydrogen) atoms. The van der Waals surface area contributed by atoms with Crippen molar-refractivity contribution >= 4 is 11.0 Å². The van der Waals surface area contributed by atoms with Crippen LogP contribution in [0.4, 0.5) is 4.39 Å². The van der Waals surface area contributed by atoms with Crippen molar-refractivity contribution in [1.82, 2.24) is 0 Å². The molecule has 0 aliphatic rings. The van der Waals surface area contributed by atoms with Gasteiger partial charge in [0.15, 0.2) is 17.8 Å². The fourth-order valence-corrected chi connectivity index (χ4v) is 1.06.